The lowest BCUT2D eigenvalue weighted by molar-refractivity contribution is 0.0962. The predicted molar refractivity (Wildman–Crippen MR) is 158 cm³/mol. The molecule has 0 aliphatic carbocycles. The van der Waals surface area contributed by atoms with Crippen LogP contribution in [0.2, 0.25) is 0 Å². The van der Waals surface area contributed by atoms with Crippen LogP contribution in [0.15, 0.2) is 115 Å². The highest BCUT2D eigenvalue weighted by molar-refractivity contribution is 6.13. The molecule has 1 aromatic heterocycles. The zero-order valence-corrected chi connectivity index (χ0v) is 22.2. The number of hydrogen-bond acceptors (Lipinski definition) is 4. The van der Waals surface area contributed by atoms with Crippen LogP contribution in [0.5, 0.6) is 11.5 Å². The first-order chi connectivity index (χ1) is 19.7. The average Bonchev–Trinajstić information content (AvgIpc) is 3.00. The zero-order chi connectivity index (χ0) is 27.3. The van der Waals surface area contributed by atoms with E-state index in [-0.39, 0.29) is 18.4 Å². The molecule has 4 aromatic carbocycles. The summed E-state index contributed by atoms with van der Waals surface area (Å²) in [5, 5.41) is 0.958. The number of pyridine rings is 1. The molecule has 0 bridgehead atoms. The summed E-state index contributed by atoms with van der Waals surface area (Å²) in [4.78, 5) is 20.8. The third kappa shape index (κ3) is 5.00. The Hall–Kier alpha value is -5.08. The molecule has 5 aromatic rings. The van der Waals surface area contributed by atoms with Crippen LogP contribution >= 0.6 is 0 Å². The van der Waals surface area contributed by atoms with Crippen LogP contribution < -0.4 is 14.4 Å². The maximum absolute atomic E-state index is 14.3. The topological polar surface area (TPSA) is 51.7 Å². The number of aromatic nitrogens is 1. The van der Waals surface area contributed by atoms with Crippen molar-refractivity contribution in [1.82, 2.24) is 4.98 Å². The second kappa shape index (κ2) is 11.3. The number of anilines is 1. The van der Waals surface area contributed by atoms with Gasteiger partial charge in [-0.3, -0.25) is 14.7 Å². The largest absolute Gasteiger partial charge is 0.493 e. The molecular formula is C35H28N2O3. The van der Waals surface area contributed by atoms with E-state index in [4.69, 9.17) is 9.47 Å². The van der Waals surface area contributed by atoms with Crippen molar-refractivity contribution in [2.24, 2.45) is 0 Å². The quantitative estimate of drug-likeness (QED) is 0.229. The lowest BCUT2D eigenvalue weighted by atomic mass is 9.81. The van der Waals surface area contributed by atoms with Gasteiger partial charge < -0.3 is 9.47 Å². The van der Waals surface area contributed by atoms with E-state index in [1.165, 1.54) is 0 Å². The first-order valence-corrected chi connectivity index (χ1v) is 13.3. The Morgan fingerprint density at radius 2 is 1.50 bits per heavy atom. The highest BCUT2D eigenvalue weighted by Crippen LogP contribution is 2.40. The van der Waals surface area contributed by atoms with E-state index in [1.54, 1.807) is 11.1 Å². The number of carbonyl (C=O) groups is 1. The Kier molecular flexibility index (Phi) is 7.15. The highest BCUT2D eigenvalue weighted by atomic mass is 16.5. The lowest BCUT2D eigenvalue weighted by Crippen LogP contribution is -2.50. The first kappa shape index (κ1) is 25.2. The van der Waals surface area contributed by atoms with Gasteiger partial charge >= 0.3 is 0 Å². The van der Waals surface area contributed by atoms with Crippen molar-refractivity contribution in [3.8, 4) is 23.3 Å². The molecule has 6 rings (SSSR count). The van der Waals surface area contributed by atoms with Crippen LogP contribution in [0.3, 0.4) is 0 Å². The Labute approximate surface area is 234 Å². The van der Waals surface area contributed by atoms with Gasteiger partial charge in [-0.1, -0.05) is 84.6 Å². The molecule has 0 fully saturated rings. The summed E-state index contributed by atoms with van der Waals surface area (Å²) in [5.41, 5.74) is 4.03. The minimum atomic E-state index is -0.502. The van der Waals surface area contributed by atoms with Crippen molar-refractivity contribution in [2.45, 2.75) is 18.9 Å². The summed E-state index contributed by atoms with van der Waals surface area (Å²) in [6.07, 6.45) is 1.75. The van der Waals surface area contributed by atoms with Crippen molar-refractivity contribution in [2.75, 3.05) is 18.1 Å². The van der Waals surface area contributed by atoms with Crippen LogP contribution in [-0.2, 0) is 0 Å². The smallest absolute Gasteiger partial charge is 0.259 e. The molecule has 1 amide bonds. The fourth-order valence-electron chi connectivity index (χ4n) is 5.26. The van der Waals surface area contributed by atoms with Crippen LogP contribution in [0.25, 0.3) is 10.9 Å². The number of fused-ring (bicyclic) bond motifs is 2. The summed E-state index contributed by atoms with van der Waals surface area (Å²) < 4.78 is 12.2. The second-order valence-electron chi connectivity index (χ2n) is 9.66. The number of para-hydroxylation sites is 3. The Morgan fingerprint density at radius 1 is 0.800 bits per heavy atom. The van der Waals surface area contributed by atoms with Crippen molar-refractivity contribution >= 4 is 22.5 Å². The highest BCUT2D eigenvalue weighted by Gasteiger charge is 2.41. The number of nitrogens with zero attached hydrogens (tertiary/aromatic N) is 2. The van der Waals surface area contributed by atoms with Gasteiger partial charge in [-0.05, 0) is 54.4 Å². The van der Waals surface area contributed by atoms with Crippen molar-refractivity contribution in [1.29, 1.82) is 0 Å². The lowest BCUT2D eigenvalue weighted by Gasteiger charge is -2.40. The molecule has 0 saturated heterocycles. The molecule has 5 nitrogen and oxygen atoms in total. The van der Waals surface area contributed by atoms with Gasteiger partial charge in [0.05, 0.1) is 23.7 Å². The van der Waals surface area contributed by atoms with E-state index in [0.29, 0.717) is 12.2 Å². The molecule has 196 valence electrons. The molecule has 2 heterocycles. The van der Waals surface area contributed by atoms with Crippen LogP contribution in [-0.4, -0.2) is 30.1 Å². The molecule has 2 atom stereocenters. The fraction of sp³-hybridized carbons (Fsp3) is 0.143. The Balaban J connectivity index is 1.46. The second-order valence-corrected chi connectivity index (χ2v) is 9.66. The normalized spacial score (nSPS) is 16.1. The number of ether oxygens (including phenoxy) is 2. The number of carbonyl (C=O) groups excluding carboxylic acids is 1. The zero-order valence-electron chi connectivity index (χ0n) is 22.2. The number of aryl methyl sites for hydroxylation is 1. The van der Waals surface area contributed by atoms with Gasteiger partial charge in [-0.15, -0.1) is 0 Å². The molecule has 0 radical (unpaired) electrons. The van der Waals surface area contributed by atoms with Gasteiger partial charge in [0.25, 0.3) is 5.91 Å². The van der Waals surface area contributed by atoms with Gasteiger partial charge in [0, 0.05) is 17.1 Å². The third-order valence-corrected chi connectivity index (χ3v) is 7.14. The summed E-state index contributed by atoms with van der Waals surface area (Å²) in [6, 6.07) is 34.6. The molecule has 1 aliphatic heterocycles. The van der Waals surface area contributed by atoms with Crippen LogP contribution in [0, 0.1) is 18.8 Å². The maximum Gasteiger partial charge on any atom is 0.259 e. The van der Waals surface area contributed by atoms with E-state index >= 15 is 0 Å². The summed E-state index contributed by atoms with van der Waals surface area (Å²) in [7, 11) is 0. The predicted octanol–water partition coefficient (Wildman–Crippen LogP) is 6.82. The molecule has 2 unspecified atom stereocenters. The Morgan fingerprint density at radius 3 is 2.27 bits per heavy atom. The summed E-state index contributed by atoms with van der Waals surface area (Å²) >= 11 is 0. The summed E-state index contributed by atoms with van der Waals surface area (Å²) in [5.74, 6) is 7.82. The number of amides is 1. The van der Waals surface area contributed by atoms with Gasteiger partial charge in [-0.2, -0.15) is 0 Å². The molecule has 1 aliphatic rings. The van der Waals surface area contributed by atoms with Crippen molar-refractivity contribution in [3.63, 3.8) is 0 Å². The maximum atomic E-state index is 14.3. The fourth-order valence-corrected chi connectivity index (χ4v) is 5.26. The number of rotatable bonds is 6. The molecule has 0 spiro atoms. The molecule has 40 heavy (non-hydrogen) atoms. The molecule has 0 saturated carbocycles. The van der Waals surface area contributed by atoms with Gasteiger partial charge in [0.1, 0.15) is 24.1 Å². The number of hydrogen-bond donors (Lipinski definition) is 0. The van der Waals surface area contributed by atoms with Crippen LogP contribution in [0.1, 0.15) is 27.4 Å². The SMILES string of the molecule is Cc1cccc2c1C(=O)N(c1cccc3cccnc13)C(C#CCOc1ccccc1)C2COc1ccccc1. The van der Waals surface area contributed by atoms with E-state index in [0.717, 1.165) is 39.2 Å². The van der Waals surface area contributed by atoms with E-state index in [1.807, 2.05) is 116 Å². The Bertz CT molecular complexity index is 1700. The first-order valence-electron chi connectivity index (χ1n) is 13.3. The third-order valence-electron chi connectivity index (χ3n) is 7.14. The van der Waals surface area contributed by atoms with Crippen LogP contribution in [0.4, 0.5) is 5.69 Å². The molecular weight excluding hydrogens is 496 g/mol. The minimum absolute atomic E-state index is 0.0921. The van der Waals surface area contributed by atoms with E-state index in [9.17, 15) is 4.79 Å². The van der Waals surface area contributed by atoms with E-state index < -0.39 is 6.04 Å². The van der Waals surface area contributed by atoms with Gasteiger partial charge in [0.15, 0.2) is 0 Å². The molecule has 0 N–H and O–H groups in total. The average molecular weight is 525 g/mol. The summed E-state index contributed by atoms with van der Waals surface area (Å²) in [6.45, 7) is 2.52. The number of benzene rings is 4. The van der Waals surface area contributed by atoms with Gasteiger partial charge in [0.2, 0.25) is 0 Å². The van der Waals surface area contributed by atoms with E-state index in [2.05, 4.69) is 16.8 Å². The standard InChI is InChI=1S/C35H28N2O3/c1-25-12-8-19-29-30(24-40-28-17-6-3-7-18-28)31(21-11-23-39-27-15-4-2-5-16-27)37(35(38)33(25)29)32-20-9-13-26-14-10-22-36-34(26)32/h2-10,12-20,22,30-31H,23-24H2,1H3. The van der Waals surface area contributed by atoms with Crippen molar-refractivity contribution < 1.29 is 14.3 Å². The van der Waals surface area contributed by atoms with Gasteiger partial charge in [-0.25, -0.2) is 0 Å². The minimum Gasteiger partial charge on any atom is -0.493 e. The van der Waals surface area contributed by atoms with Crippen molar-refractivity contribution in [3.05, 3.63) is 132 Å². The monoisotopic (exact) mass is 524 g/mol. The molecule has 5 heteroatoms.